The lowest BCUT2D eigenvalue weighted by Gasteiger charge is -2.10. The summed E-state index contributed by atoms with van der Waals surface area (Å²) in [5, 5.41) is 20.6. The van der Waals surface area contributed by atoms with Crippen LogP contribution in [0.2, 0.25) is 0 Å². The highest BCUT2D eigenvalue weighted by atomic mass is 16.3. The molecule has 0 radical (unpaired) electrons. The normalized spacial score (nSPS) is 14.3. The van der Waals surface area contributed by atoms with Crippen LogP contribution < -0.4 is 0 Å². The minimum Gasteiger partial charge on any atom is -0.508 e. The van der Waals surface area contributed by atoms with Crippen molar-refractivity contribution in [2.24, 2.45) is 0 Å². The number of aromatic hydroxyl groups is 2. The van der Waals surface area contributed by atoms with E-state index in [1.54, 1.807) is 6.07 Å². The minimum absolute atomic E-state index is 0.255. The summed E-state index contributed by atoms with van der Waals surface area (Å²) in [4.78, 5) is 0. The van der Waals surface area contributed by atoms with Gasteiger partial charge in [0, 0.05) is 5.56 Å². The van der Waals surface area contributed by atoms with E-state index in [9.17, 15) is 10.2 Å². The smallest absolute Gasteiger partial charge is 0.122 e. The van der Waals surface area contributed by atoms with Crippen molar-refractivity contribution in [2.75, 3.05) is 0 Å². The largest absolute Gasteiger partial charge is 0.508 e. The summed E-state index contributed by atoms with van der Waals surface area (Å²) < 4.78 is 0. The highest BCUT2D eigenvalue weighted by Gasteiger charge is 2.10. The van der Waals surface area contributed by atoms with Crippen molar-refractivity contribution >= 4 is 0 Å². The van der Waals surface area contributed by atoms with Gasteiger partial charge in [-0.3, -0.25) is 0 Å². The van der Waals surface area contributed by atoms with E-state index in [-0.39, 0.29) is 5.75 Å². The standard InChI is InChI=1S/C53H82O2/c1-40(2)21-13-22-41(3)23-14-24-42(4)25-15-26-43(5)27-16-28-44(6)29-17-30-45(7)31-18-32-46(8)33-19-34-47(9)35-20-36-48(10)37-38-51-39-52(54)49(11)50(12)53(51)55/h21,23,25,27,29,31,33,35,37,39,54-55H,13-20,22,24,26,28,30,32,34,36,38H2,1-12H3/b41-23+,42-25-,43-27-,44-29-,45-31+,46-33+,47-35+,48-37-. The fourth-order valence-electron chi connectivity index (χ4n) is 6.62. The first-order chi connectivity index (χ1) is 26.1. The van der Waals surface area contributed by atoms with Crippen LogP contribution in [0.3, 0.4) is 0 Å². The van der Waals surface area contributed by atoms with Gasteiger partial charge >= 0.3 is 0 Å². The van der Waals surface area contributed by atoms with Gasteiger partial charge in [-0.1, -0.05) is 105 Å². The van der Waals surface area contributed by atoms with Crippen molar-refractivity contribution in [3.8, 4) is 11.5 Å². The maximum absolute atomic E-state index is 10.4. The zero-order valence-corrected chi connectivity index (χ0v) is 37.7. The third-order valence-electron chi connectivity index (χ3n) is 10.9. The molecule has 1 aromatic carbocycles. The molecule has 0 spiro atoms. The third kappa shape index (κ3) is 24.6. The van der Waals surface area contributed by atoms with E-state index in [2.05, 4.69) is 124 Å². The fraction of sp³-hybridized carbons (Fsp3) is 0.547. The number of phenols is 2. The first kappa shape index (κ1) is 49.5. The van der Waals surface area contributed by atoms with E-state index in [1.165, 1.54) is 69.4 Å². The molecule has 2 N–H and O–H groups in total. The van der Waals surface area contributed by atoms with Gasteiger partial charge in [-0.2, -0.15) is 0 Å². The average molecular weight is 751 g/mol. The highest BCUT2D eigenvalue weighted by molar-refractivity contribution is 5.51. The molecule has 306 valence electrons. The number of allylic oxidation sites excluding steroid dienone is 18. The van der Waals surface area contributed by atoms with Crippen LogP contribution in [0.4, 0.5) is 0 Å². The quantitative estimate of drug-likeness (QED) is 0.0731. The predicted octanol–water partition coefficient (Wildman–Crippen LogP) is 17.0. The molecule has 0 unspecified atom stereocenters. The zero-order valence-electron chi connectivity index (χ0n) is 37.7. The van der Waals surface area contributed by atoms with E-state index in [0.29, 0.717) is 12.2 Å². The first-order valence-corrected chi connectivity index (χ1v) is 21.5. The van der Waals surface area contributed by atoms with E-state index in [4.69, 9.17) is 0 Å². The molecule has 0 saturated heterocycles. The van der Waals surface area contributed by atoms with Crippen LogP contribution in [0.15, 0.2) is 111 Å². The minimum atomic E-state index is 0.255. The predicted molar refractivity (Wildman–Crippen MR) is 246 cm³/mol. The number of hydrogen-bond acceptors (Lipinski definition) is 2. The van der Waals surface area contributed by atoms with E-state index >= 15 is 0 Å². The molecule has 0 aromatic heterocycles. The van der Waals surface area contributed by atoms with E-state index < -0.39 is 0 Å². The number of hydrogen-bond donors (Lipinski definition) is 2. The molecule has 0 heterocycles. The van der Waals surface area contributed by atoms with Crippen LogP contribution >= 0.6 is 0 Å². The third-order valence-corrected chi connectivity index (χ3v) is 10.9. The van der Waals surface area contributed by atoms with E-state index in [1.807, 2.05) is 13.8 Å². The molecule has 0 amide bonds. The van der Waals surface area contributed by atoms with Crippen LogP contribution in [-0.2, 0) is 6.42 Å². The van der Waals surface area contributed by atoms with Gasteiger partial charge in [0.15, 0.2) is 0 Å². The summed E-state index contributed by atoms with van der Waals surface area (Å²) in [6.45, 7) is 26.2. The molecule has 0 aliphatic rings. The molecule has 1 rings (SSSR count). The Balaban J connectivity index is 2.28. The molecular formula is C53H82O2. The highest BCUT2D eigenvalue weighted by Crippen LogP contribution is 2.32. The van der Waals surface area contributed by atoms with Crippen molar-refractivity contribution in [3.05, 3.63) is 128 Å². The second-order valence-electron chi connectivity index (χ2n) is 16.9. The van der Waals surface area contributed by atoms with Crippen LogP contribution in [0.25, 0.3) is 0 Å². The maximum Gasteiger partial charge on any atom is 0.122 e. The Morgan fingerprint density at radius 3 is 0.909 bits per heavy atom. The summed E-state index contributed by atoms with van der Waals surface area (Å²) in [6.07, 6.45) is 40.3. The van der Waals surface area contributed by atoms with Crippen LogP contribution in [0.1, 0.15) is 189 Å². The Labute approximate surface area is 340 Å². The van der Waals surface area contributed by atoms with Crippen molar-refractivity contribution < 1.29 is 10.2 Å². The summed E-state index contributed by atoms with van der Waals surface area (Å²) in [7, 11) is 0. The molecule has 0 aliphatic carbocycles. The SMILES string of the molecule is CC(C)=CCC/C(C)=C/CC/C(C)=C\CC/C(C)=C\CC/C(C)=C\CC/C(C)=C/CC/C(C)=C/CC/C(C)=C/CC/C(C)=C\Cc1cc(O)c(C)c(C)c1O. The van der Waals surface area contributed by atoms with Gasteiger partial charge in [0.05, 0.1) is 0 Å². The first-order valence-electron chi connectivity index (χ1n) is 21.5. The van der Waals surface area contributed by atoms with Crippen LogP contribution in [-0.4, -0.2) is 10.2 Å². The van der Waals surface area contributed by atoms with Gasteiger partial charge in [-0.25, -0.2) is 0 Å². The lowest BCUT2D eigenvalue weighted by Crippen LogP contribution is -1.91. The molecule has 2 nitrogen and oxygen atoms in total. The molecular weight excluding hydrogens is 669 g/mol. The van der Waals surface area contributed by atoms with Crippen LogP contribution in [0, 0.1) is 13.8 Å². The van der Waals surface area contributed by atoms with Gasteiger partial charge in [-0.05, 0) is 209 Å². The molecule has 0 fully saturated rings. The molecule has 0 saturated carbocycles. The fourth-order valence-corrected chi connectivity index (χ4v) is 6.62. The summed E-state index contributed by atoms with van der Waals surface area (Å²) >= 11 is 0. The van der Waals surface area contributed by atoms with Gasteiger partial charge in [0.2, 0.25) is 0 Å². The molecule has 0 bridgehead atoms. The van der Waals surface area contributed by atoms with Crippen LogP contribution in [0.5, 0.6) is 11.5 Å². The Morgan fingerprint density at radius 2 is 0.636 bits per heavy atom. The summed E-state index contributed by atoms with van der Waals surface area (Å²) in [5.41, 5.74) is 15.5. The number of benzene rings is 1. The molecule has 1 aromatic rings. The Bertz CT molecular complexity index is 1590. The second-order valence-corrected chi connectivity index (χ2v) is 16.9. The lowest BCUT2D eigenvalue weighted by molar-refractivity contribution is 0.448. The van der Waals surface area contributed by atoms with Gasteiger partial charge in [-0.15, -0.1) is 0 Å². The average Bonchev–Trinajstić information content (AvgIpc) is 3.11. The van der Waals surface area contributed by atoms with Crippen molar-refractivity contribution in [1.29, 1.82) is 0 Å². The zero-order chi connectivity index (χ0) is 41.2. The Hall–Kier alpha value is -3.52. The van der Waals surface area contributed by atoms with Crippen molar-refractivity contribution in [3.63, 3.8) is 0 Å². The van der Waals surface area contributed by atoms with Crippen molar-refractivity contribution in [1.82, 2.24) is 0 Å². The molecule has 0 aliphatic heterocycles. The van der Waals surface area contributed by atoms with Gasteiger partial charge in [0.25, 0.3) is 0 Å². The topological polar surface area (TPSA) is 40.5 Å². The van der Waals surface area contributed by atoms with Crippen molar-refractivity contribution in [2.45, 2.75) is 192 Å². The van der Waals surface area contributed by atoms with Gasteiger partial charge in [0.1, 0.15) is 11.5 Å². The lowest BCUT2D eigenvalue weighted by atomic mass is 9.99. The molecule has 2 heteroatoms. The number of phenolic OH excluding ortho intramolecular Hbond substituents is 2. The number of rotatable bonds is 26. The summed E-state index contributed by atoms with van der Waals surface area (Å²) in [5.74, 6) is 0.554. The maximum atomic E-state index is 10.4. The second kappa shape index (κ2) is 28.8. The Kier molecular flexibility index (Phi) is 25.9. The monoisotopic (exact) mass is 751 g/mol. The molecule has 0 atom stereocenters. The van der Waals surface area contributed by atoms with Gasteiger partial charge < -0.3 is 10.2 Å². The van der Waals surface area contributed by atoms with E-state index in [0.717, 1.165) is 100 Å². The Morgan fingerprint density at radius 1 is 0.382 bits per heavy atom. The molecule has 55 heavy (non-hydrogen) atoms. The summed E-state index contributed by atoms with van der Waals surface area (Å²) in [6, 6.07) is 1.69.